The maximum atomic E-state index is 13.3. The van der Waals surface area contributed by atoms with Crippen molar-refractivity contribution in [3.8, 4) is 0 Å². The Labute approximate surface area is 101 Å². The summed E-state index contributed by atoms with van der Waals surface area (Å²) in [6.45, 7) is 8.15. The summed E-state index contributed by atoms with van der Waals surface area (Å²) in [7, 11) is 0. The van der Waals surface area contributed by atoms with Crippen molar-refractivity contribution in [3.63, 3.8) is 0 Å². The number of anilines is 1. The van der Waals surface area contributed by atoms with Crippen molar-refractivity contribution >= 4 is 16.7 Å². The average molecular weight is 232 g/mol. The highest BCUT2D eigenvalue weighted by Crippen LogP contribution is 2.31. The fraction of sp³-hybridized carbons (Fsp3) is 0.357. The summed E-state index contributed by atoms with van der Waals surface area (Å²) in [4.78, 5) is 4.30. The van der Waals surface area contributed by atoms with Crippen molar-refractivity contribution in [3.05, 3.63) is 35.1 Å². The highest BCUT2D eigenvalue weighted by atomic mass is 19.1. The third-order valence-electron chi connectivity index (χ3n) is 2.94. The lowest BCUT2D eigenvalue weighted by atomic mass is 9.86. The molecule has 1 heterocycles. The highest BCUT2D eigenvalue weighted by molar-refractivity contribution is 5.85. The lowest BCUT2D eigenvalue weighted by Crippen LogP contribution is -2.15. The van der Waals surface area contributed by atoms with Crippen LogP contribution in [0.25, 0.3) is 10.9 Å². The number of rotatable bonds is 0. The molecule has 0 saturated heterocycles. The number of nitrogens with zero attached hydrogens (tertiary/aromatic N) is 1. The summed E-state index contributed by atoms with van der Waals surface area (Å²) >= 11 is 0. The van der Waals surface area contributed by atoms with E-state index in [1.165, 1.54) is 12.1 Å². The van der Waals surface area contributed by atoms with Crippen LogP contribution in [0.1, 0.15) is 31.9 Å². The van der Waals surface area contributed by atoms with Gasteiger partial charge in [0.2, 0.25) is 0 Å². The Bertz CT molecular complexity index is 583. The van der Waals surface area contributed by atoms with E-state index >= 15 is 0 Å². The summed E-state index contributed by atoms with van der Waals surface area (Å²) in [6, 6.07) is 4.96. The Hall–Kier alpha value is -1.64. The predicted octanol–water partition coefficient (Wildman–Crippen LogP) is 3.56. The van der Waals surface area contributed by atoms with Gasteiger partial charge < -0.3 is 5.73 Å². The van der Waals surface area contributed by atoms with Crippen molar-refractivity contribution in [2.24, 2.45) is 0 Å². The van der Waals surface area contributed by atoms with Crippen molar-refractivity contribution in [2.45, 2.75) is 33.1 Å². The van der Waals surface area contributed by atoms with Crippen LogP contribution in [0.4, 0.5) is 10.2 Å². The molecule has 0 aliphatic heterocycles. The molecule has 0 spiro atoms. The smallest absolute Gasteiger partial charge is 0.127 e. The van der Waals surface area contributed by atoms with Crippen LogP contribution < -0.4 is 5.73 Å². The fourth-order valence-electron chi connectivity index (χ4n) is 2.03. The van der Waals surface area contributed by atoms with Gasteiger partial charge in [0.1, 0.15) is 11.6 Å². The molecule has 0 aliphatic rings. The van der Waals surface area contributed by atoms with Gasteiger partial charge in [-0.05, 0) is 30.0 Å². The van der Waals surface area contributed by atoms with Crippen molar-refractivity contribution in [1.82, 2.24) is 4.98 Å². The van der Waals surface area contributed by atoms with Crippen LogP contribution in [0, 0.1) is 12.7 Å². The molecule has 0 atom stereocenters. The molecule has 0 bridgehead atoms. The number of benzene rings is 1. The zero-order valence-electron chi connectivity index (χ0n) is 10.6. The number of aryl methyl sites for hydroxylation is 1. The molecule has 2 nitrogen and oxygen atoms in total. The second kappa shape index (κ2) is 3.69. The number of nitrogens with two attached hydrogens (primary N) is 1. The number of halogens is 1. The van der Waals surface area contributed by atoms with Crippen LogP contribution in [0.5, 0.6) is 0 Å². The van der Waals surface area contributed by atoms with Gasteiger partial charge in [0, 0.05) is 17.0 Å². The van der Waals surface area contributed by atoms with Crippen LogP contribution in [-0.2, 0) is 5.41 Å². The fourth-order valence-corrected chi connectivity index (χ4v) is 2.03. The maximum Gasteiger partial charge on any atom is 0.127 e. The molecule has 17 heavy (non-hydrogen) atoms. The molecule has 1 aromatic carbocycles. The van der Waals surface area contributed by atoms with Gasteiger partial charge in [0.05, 0.1) is 5.52 Å². The second-order valence-corrected chi connectivity index (χ2v) is 5.46. The van der Waals surface area contributed by atoms with Crippen LogP contribution in [0.2, 0.25) is 0 Å². The highest BCUT2D eigenvalue weighted by Gasteiger charge is 2.19. The Morgan fingerprint density at radius 2 is 1.82 bits per heavy atom. The quantitative estimate of drug-likeness (QED) is 0.754. The van der Waals surface area contributed by atoms with Crippen molar-refractivity contribution in [1.29, 1.82) is 0 Å². The third-order valence-corrected chi connectivity index (χ3v) is 2.94. The van der Waals surface area contributed by atoms with Crippen LogP contribution in [-0.4, -0.2) is 4.98 Å². The van der Waals surface area contributed by atoms with E-state index in [0.29, 0.717) is 11.3 Å². The van der Waals surface area contributed by atoms with Crippen LogP contribution >= 0.6 is 0 Å². The molecule has 0 radical (unpaired) electrons. The van der Waals surface area contributed by atoms with Gasteiger partial charge in [-0.3, -0.25) is 0 Å². The molecule has 2 rings (SSSR count). The van der Waals surface area contributed by atoms with Gasteiger partial charge in [-0.15, -0.1) is 0 Å². The zero-order chi connectivity index (χ0) is 12.8. The molecule has 2 N–H and O–H groups in total. The zero-order valence-corrected chi connectivity index (χ0v) is 10.6. The van der Waals surface area contributed by atoms with E-state index in [4.69, 9.17) is 5.73 Å². The Morgan fingerprint density at radius 1 is 1.18 bits per heavy atom. The van der Waals surface area contributed by atoms with Gasteiger partial charge in [-0.2, -0.15) is 0 Å². The molecular weight excluding hydrogens is 215 g/mol. The predicted molar refractivity (Wildman–Crippen MR) is 69.6 cm³/mol. The minimum absolute atomic E-state index is 0.0634. The standard InChI is InChI=1S/C14H17FN2/c1-8-5-9(15)6-12-10(8)7-11(13(16)17-12)14(2,3)4/h5-7H,1-4H3,(H2,16,17). The lowest BCUT2D eigenvalue weighted by molar-refractivity contribution is 0.591. The van der Waals surface area contributed by atoms with E-state index in [9.17, 15) is 4.39 Å². The topological polar surface area (TPSA) is 38.9 Å². The van der Waals surface area contributed by atoms with E-state index in [2.05, 4.69) is 25.8 Å². The molecule has 0 amide bonds. The van der Waals surface area contributed by atoms with E-state index in [1.54, 1.807) is 0 Å². The normalized spacial score (nSPS) is 12.1. The first kappa shape index (κ1) is 11.8. The van der Waals surface area contributed by atoms with Crippen LogP contribution in [0.15, 0.2) is 18.2 Å². The first-order valence-electron chi connectivity index (χ1n) is 5.66. The molecule has 0 fully saturated rings. The van der Waals surface area contributed by atoms with Gasteiger partial charge >= 0.3 is 0 Å². The molecule has 2 aromatic rings. The number of nitrogen functional groups attached to an aromatic ring is 1. The number of hydrogen-bond acceptors (Lipinski definition) is 2. The van der Waals surface area contributed by atoms with E-state index in [1.807, 2.05) is 13.0 Å². The molecule has 0 aliphatic carbocycles. The summed E-state index contributed by atoms with van der Waals surface area (Å²) in [5.74, 6) is 0.209. The number of aromatic nitrogens is 1. The van der Waals surface area contributed by atoms with Gasteiger partial charge in [0.15, 0.2) is 0 Å². The van der Waals surface area contributed by atoms with Gasteiger partial charge in [0.25, 0.3) is 0 Å². The summed E-state index contributed by atoms with van der Waals surface area (Å²) in [6.07, 6.45) is 0. The average Bonchev–Trinajstić information content (AvgIpc) is 2.13. The van der Waals surface area contributed by atoms with E-state index < -0.39 is 0 Å². The molecular formula is C14H17FN2. The molecule has 0 unspecified atom stereocenters. The first-order chi connectivity index (χ1) is 7.79. The third kappa shape index (κ3) is 2.09. The van der Waals surface area contributed by atoms with Gasteiger partial charge in [-0.25, -0.2) is 9.37 Å². The van der Waals surface area contributed by atoms with E-state index in [0.717, 1.165) is 16.5 Å². The molecule has 3 heteroatoms. The number of pyridine rings is 1. The minimum Gasteiger partial charge on any atom is -0.383 e. The largest absolute Gasteiger partial charge is 0.383 e. The SMILES string of the molecule is Cc1cc(F)cc2nc(N)c(C(C)(C)C)cc12. The molecule has 90 valence electrons. The minimum atomic E-state index is -0.273. The second-order valence-electron chi connectivity index (χ2n) is 5.46. The maximum absolute atomic E-state index is 13.3. The molecule has 0 saturated carbocycles. The monoisotopic (exact) mass is 232 g/mol. The summed E-state index contributed by atoms with van der Waals surface area (Å²) in [5.41, 5.74) is 8.38. The summed E-state index contributed by atoms with van der Waals surface area (Å²) in [5, 5.41) is 0.963. The van der Waals surface area contributed by atoms with Gasteiger partial charge in [-0.1, -0.05) is 20.8 Å². The Morgan fingerprint density at radius 3 is 2.41 bits per heavy atom. The van der Waals surface area contributed by atoms with Crippen molar-refractivity contribution in [2.75, 3.05) is 5.73 Å². The Kier molecular flexibility index (Phi) is 2.57. The Balaban J connectivity index is 2.81. The van der Waals surface area contributed by atoms with Crippen LogP contribution in [0.3, 0.4) is 0 Å². The first-order valence-corrected chi connectivity index (χ1v) is 5.66. The van der Waals surface area contributed by atoms with Crippen molar-refractivity contribution < 1.29 is 4.39 Å². The van der Waals surface area contributed by atoms with E-state index in [-0.39, 0.29) is 11.2 Å². The summed E-state index contributed by atoms with van der Waals surface area (Å²) < 4.78 is 13.3. The number of fused-ring (bicyclic) bond motifs is 1. The lowest BCUT2D eigenvalue weighted by Gasteiger charge is -2.21. The number of hydrogen-bond donors (Lipinski definition) is 1. The molecule has 1 aromatic heterocycles.